The Bertz CT molecular complexity index is 586. The van der Waals surface area contributed by atoms with Gasteiger partial charge in [0.1, 0.15) is 5.15 Å². The molecule has 0 aromatic carbocycles. The summed E-state index contributed by atoms with van der Waals surface area (Å²) in [6, 6.07) is 4.22. The summed E-state index contributed by atoms with van der Waals surface area (Å²) >= 11 is 6.04. The van der Waals surface area contributed by atoms with Gasteiger partial charge >= 0.3 is 0 Å². The van der Waals surface area contributed by atoms with Crippen LogP contribution in [0, 0.1) is 0 Å². The van der Waals surface area contributed by atoms with E-state index in [9.17, 15) is 0 Å². The SMILES string of the molecule is CC1CCCCN1Cc1nc(-c2cccnc2Cl)no1. The van der Waals surface area contributed by atoms with Crippen molar-refractivity contribution >= 4 is 11.6 Å². The minimum absolute atomic E-state index is 0.395. The standard InChI is InChI=1S/C14H17ClN4O/c1-10-5-2-3-8-19(10)9-12-17-14(18-20-12)11-6-4-7-16-13(11)15/h4,6-7,10H,2-3,5,8-9H2,1H3. The van der Waals surface area contributed by atoms with Crippen LogP contribution in [-0.4, -0.2) is 32.6 Å². The molecule has 1 saturated heterocycles. The Morgan fingerprint density at radius 2 is 2.35 bits per heavy atom. The molecule has 0 saturated carbocycles. The van der Waals surface area contributed by atoms with E-state index in [2.05, 4.69) is 26.9 Å². The van der Waals surface area contributed by atoms with E-state index >= 15 is 0 Å². The summed E-state index contributed by atoms with van der Waals surface area (Å²) in [5.41, 5.74) is 0.704. The number of likely N-dealkylation sites (tertiary alicyclic amines) is 1. The first-order chi connectivity index (χ1) is 9.74. The van der Waals surface area contributed by atoms with Crippen LogP contribution in [0.25, 0.3) is 11.4 Å². The topological polar surface area (TPSA) is 55.1 Å². The van der Waals surface area contributed by atoms with E-state index in [1.54, 1.807) is 6.20 Å². The largest absolute Gasteiger partial charge is 0.338 e. The van der Waals surface area contributed by atoms with Crippen molar-refractivity contribution in [3.63, 3.8) is 0 Å². The summed E-state index contributed by atoms with van der Waals surface area (Å²) in [5.74, 6) is 1.14. The van der Waals surface area contributed by atoms with Crippen molar-refractivity contribution in [2.24, 2.45) is 0 Å². The highest BCUT2D eigenvalue weighted by atomic mass is 35.5. The van der Waals surface area contributed by atoms with Crippen molar-refractivity contribution < 1.29 is 4.52 Å². The Kier molecular flexibility index (Phi) is 3.98. The molecule has 0 aliphatic carbocycles. The van der Waals surface area contributed by atoms with Gasteiger partial charge in [-0.15, -0.1) is 0 Å². The number of aromatic nitrogens is 3. The molecule has 0 bridgehead atoms. The first kappa shape index (κ1) is 13.5. The van der Waals surface area contributed by atoms with Crippen molar-refractivity contribution in [1.82, 2.24) is 20.0 Å². The predicted octanol–water partition coefficient (Wildman–Crippen LogP) is 3.16. The summed E-state index contributed by atoms with van der Waals surface area (Å²) in [5, 5.41) is 4.40. The third-order valence-corrected chi connectivity index (χ3v) is 4.05. The third kappa shape index (κ3) is 2.83. The molecule has 2 aromatic rings. The highest BCUT2D eigenvalue weighted by Gasteiger charge is 2.21. The van der Waals surface area contributed by atoms with Gasteiger partial charge in [-0.05, 0) is 38.4 Å². The van der Waals surface area contributed by atoms with Crippen LogP contribution in [0.1, 0.15) is 32.1 Å². The number of piperidine rings is 1. The van der Waals surface area contributed by atoms with Gasteiger partial charge in [-0.2, -0.15) is 4.98 Å². The van der Waals surface area contributed by atoms with Gasteiger partial charge < -0.3 is 4.52 Å². The van der Waals surface area contributed by atoms with Gasteiger partial charge in [-0.1, -0.05) is 23.2 Å². The van der Waals surface area contributed by atoms with Crippen LogP contribution < -0.4 is 0 Å². The summed E-state index contributed by atoms with van der Waals surface area (Å²) in [4.78, 5) is 10.8. The van der Waals surface area contributed by atoms with E-state index in [1.807, 2.05) is 12.1 Å². The molecule has 0 spiro atoms. The highest BCUT2D eigenvalue weighted by molar-refractivity contribution is 6.31. The molecule has 1 aliphatic heterocycles. The van der Waals surface area contributed by atoms with Crippen molar-refractivity contribution in [1.29, 1.82) is 0 Å². The van der Waals surface area contributed by atoms with E-state index < -0.39 is 0 Å². The van der Waals surface area contributed by atoms with Gasteiger partial charge in [0, 0.05) is 12.2 Å². The number of halogens is 1. The molecule has 20 heavy (non-hydrogen) atoms. The fourth-order valence-electron chi connectivity index (χ4n) is 2.55. The molecule has 1 fully saturated rings. The summed E-state index contributed by atoms with van der Waals surface area (Å²) < 4.78 is 5.34. The van der Waals surface area contributed by atoms with E-state index in [0.717, 1.165) is 6.54 Å². The molecule has 1 unspecified atom stereocenters. The second-order valence-corrected chi connectivity index (χ2v) is 5.53. The lowest BCUT2D eigenvalue weighted by atomic mass is 10.0. The summed E-state index contributed by atoms with van der Waals surface area (Å²) in [7, 11) is 0. The molecule has 106 valence electrons. The zero-order valence-corrected chi connectivity index (χ0v) is 12.2. The Labute approximate surface area is 123 Å². The van der Waals surface area contributed by atoms with E-state index in [1.165, 1.54) is 19.3 Å². The van der Waals surface area contributed by atoms with Gasteiger partial charge in [0.25, 0.3) is 0 Å². The quantitative estimate of drug-likeness (QED) is 0.813. The maximum atomic E-state index is 6.04. The average Bonchev–Trinajstić information content (AvgIpc) is 2.90. The molecule has 1 aliphatic rings. The predicted molar refractivity (Wildman–Crippen MR) is 76.3 cm³/mol. The van der Waals surface area contributed by atoms with Gasteiger partial charge in [-0.25, -0.2) is 4.98 Å². The monoisotopic (exact) mass is 292 g/mol. The molecule has 2 aromatic heterocycles. The number of pyridine rings is 1. The van der Waals surface area contributed by atoms with Crippen LogP contribution in [-0.2, 0) is 6.54 Å². The molecule has 0 N–H and O–H groups in total. The van der Waals surface area contributed by atoms with Crippen molar-refractivity contribution in [2.45, 2.75) is 38.8 Å². The van der Waals surface area contributed by atoms with Gasteiger partial charge in [0.05, 0.1) is 12.1 Å². The normalized spacial score (nSPS) is 20.2. The molecule has 5 nitrogen and oxygen atoms in total. The maximum absolute atomic E-state index is 6.04. The lowest BCUT2D eigenvalue weighted by Gasteiger charge is -2.31. The molecule has 3 heterocycles. The van der Waals surface area contributed by atoms with Crippen LogP contribution in [0.15, 0.2) is 22.9 Å². The maximum Gasteiger partial charge on any atom is 0.241 e. The molecule has 3 rings (SSSR count). The van der Waals surface area contributed by atoms with Crippen molar-refractivity contribution in [2.75, 3.05) is 6.54 Å². The lowest BCUT2D eigenvalue weighted by Crippen LogP contribution is -2.36. The lowest BCUT2D eigenvalue weighted by molar-refractivity contribution is 0.135. The fraction of sp³-hybridized carbons (Fsp3) is 0.500. The Hall–Kier alpha value is -1.46. The molecule has 6 heteroatoms. The zero-order chi connectivity index (χ0) is 13.9. The number of hydrogen-bond acceptors (Lipinski definition) is 5. The van der Waals surface area contributed by atoms with E-state index in [4.69, 9.17) is 16.1 Å². The van der Waals surface area contributed by atoms with Crippen molar-refractivity contribution in [3.8, 4) is 11.4 Å². The Balaban J connectivity index is 1.75. The van der Waals surface area contributed by atoms with Crippen LogP contribution >= 0.6 is 11.6 Å². The van der Waals surface area contributed by atoms with Crippen LogP contribution in [0.2, 0.25) is 5.15 Å². The minimum Gasteiger partial charge on any atom is -0.338 e. The van der Waals surface area contributed by atoms with Crippen LogP contribution in [0.5, 0.6) is 0 Å². The smallest absolute Gasteiger partial charge is 0.241 e. The molecule has 0 radical (unpaired) electrons. The summed E-state index contributed by atoms with van der Waals surface area (Å²) in [6.07, 6.45) is 5.41. The zero-order valence-electron chi connectivity index (χ0n) is 11.4. The Morgan fingerprint density at radius 3 is 3.15 bits per heavy atom. The molecular formula is C14H17ClN4O. The highest BCUT2D eigenvalue weighted by Crippen LogP contribution is 2.24. The van der Waals surface area contributed by atoms with E-state index in [-0.39, 0.29) is 0 Å². The molecule has 1 atom stereocenters. The fourth-order valence-corrected chi connectivity index (χ4v) is 2.75. The van der Waals surface area contributed by atoms with Crippen LogP contribution in [0.3, 0.4) is 0 Å². The Morgan fingerprint density at radius 1 is 1.45 bits per heavy atom. The van der Waals surface area contributed by atoms with Gasteiger partial charge in [0.15, 0.2) is 0 Å². The second kappa shape index (κ2) is 5.89. The van der Waals surface area contributed by atoms with Gasteiger partial charge in [-0.3, -0.25) is 4.90 Å². The van der Waals surface area contributed by atoms with Gasteiger partial charge in [0.2, 0.25) is 11.7 Å². The van der Waals surface area contributed by atoms with Crippen LogP contribution in [0.4, 0.5) is 0 Å². The first-order valence-electron chi connectivity index (χ1n) is 6.91. The average molecular weight is 293 g/mol. The first-order valence-corrected chi connectivity index (χ1v) is 7.29. The molecule has 0 amide bonds. The molecular weight excluding hydrogens is 276 g/mol. The minimum atomic E-state index is 0.395. The number of rotatable bonds is 3. The summed E-state index contributed by atoms with van der Waals surface area (Å²) in [6.45, 7) is 4.03. The number of hydrogen-bond donors (Lipinski definition) is 0. The second-order valence-electron chi connectivity index (χ2n) is 5.17. The van der Waals surface area contributed by atoms with E-state index in [0.29, 0.717) is 35.0 Å². The third-order valence-electron chi connectivity index (χ3n) is 3.75. The number of nitrogens with zero attached hydrogens (tertiary/aromatic N) is 4. The van der Waals surface area contributed by atoms with Crippen molar-refractivity contribution in [3.05, 3.63) is 29.4 Å².